The summed E-state index contributed by atoms with van der Waals surface area (Å²) in [6.45, 7) is 6.15. The molecule has 9 heteroatoms. The van der Waals surface area contributed by atoms with E-state index in [9.17, 15) is 0 Å². The number of furan rings is 1. The normalized spacial score (nSPS) is 11.4. The van der Waals surface area contributed by atoms with E-state index < -0.39 is 13.3 Å². The van der Waals surface area contributed by atoms with Crippen molar-refractivity contribution in [1.29, 1.82) is 0 Å². The van der Waals surface area contributed by atoms with Gasteiger partial charge >= 0.3 is 147 Å². The van der Waals surface area contributed by atoms with Crippen LogP contribution < -0.4 is 4.40 Å². The molecule has 0 atom stereocenters. The maximum absolute atomic E-state index is 6.27. The molecule has 0 aliphatic carbocycles. The van der Waals surface area contributed by atoms with Crippen molar-refractivity contribution in [3.63, 3.8) is 0 Å². The van der Waals surface area contributed by atoms with Crippen LogP contribution in [0.2, 0.25) is 17.3 Å². The van der Waals surface area contributed by atoms with E-state index in [1.54, 1.807) is 0 Å². The minimum atomic E-state index is -2.05. The third-order valence-corrected chi connectivity index (χ3v) is 17.1. The number of hydrogen-bond donors (Lipinski definition) is 0. The Balaban J connectivity index is 0.000000202. The average molecular weight is 1170 g/mol. The fourth-order valence-electron chi connectivity index (χ4n) is 9.59. The Bertz CT molecular complexity index is 3810. The van der Waals surface area contributed by atoms with Gasteiger partial charge in [0.15, 0.2) is 0 Å². The van der Waals surface area contributed by atoms with Crippen LogP contribution in [0.5, 0.6) is 0 Å². The number of benzene rings is 6. The van der Waals surface area contributed by atoms with E-state index in [1.165, 1.54) is 15.5 Å². The van der Waals surface area contributed by atoms with Crippen molar-refractivity contribution in [3.8, 4) is 72.8 Å². The number of rotatable bonds is 8. The zero-order valence-corrected chi connectivity index (χ0v) is 45.4. The van der Waals surface area contributed by atoms with Crippen LogP contribution in [-0.2, 0) is 20.1 Å². The topological polar surface area (TPSA) is 82.5 Å². The summed E-state index contributed by atoms with van der Waals surface area (Å²) in [5.41, 5.74) is 19.1. The second-order valence-electron chi connectivity index (χ2n) is 18.9. The van der Waals surface area contributed by atoms with Gasteiger partial charge in [-0.05, 0) is 52.9 Å². The van der Waals surface area contributed by atoms with Gasteiger partial charge in [0.25, 0.3) is 0 Å². The Kier molecular flexibility index (Phi) is 13.5. The molecule has 0 fully saturated rings. The van der Waals surface area contributed by atoms with Gasteiger partial charge in [0.1, 0.15) is 11.3 Å². The second kappa shape index (κ2) is 20.2. The maximum atomic E-state index is 6.27. The Labute approximate surface area is 436 Å². The first-order valence-electron chi connectivity index (χ1n) is 23.9. The van der Waals surface area contributed by atoms with Crippen molar-refractivity contribution >= 4 is 50.8 Å². The van der Waals surface area contributed by atoms with Gasteiger partial charge in [-0.25, -0.2) is 0 Å². The summed E-state index contributed by atoms with van der Waals surface area (Å²) in [7, 11) is 0. The van der Waals surface area contributed by atoms with E-state index in [0.29, 0.717) is 5.71 Å². The number of hydrogen-bond acceptors (Lipinski definition) is 6. The van der Waals surface area contributed by atoms with Crippen LogP contribution in [0, 0.1) is 33.0 Å². The third kappa shape index (κ3) is 9.49. The summed E-state index contributed by atoms with van der Waals surface area (Å²) in [6.07, 6.45) is 7.21. The van der Waals surface area contributed by atoms with Crippen LogP contribution in [0.15, 0.2) is 199 Å². The zero-order chi connectivity index (χ0) is 48.6. The van der Waals surface area contributed by atoms with E-state index in [-0.39, 0.29) is 20.1 Å². The van der Waals surface area contributed by atoms with Gasteiger partial charge in [-0.1, -0.05) is 127 Å². The minimum Gasteiger partial charge on any atom is -0.483 e. The standard InChI is InChI=1S/C42H27N4O.C21H23GeN2.Ir/c1-27-39-37(22-23-43-27)45-41(32-24-36-35-21-20-31(28-12-5-2-6-13-28)25-38(35)47-42(36)44-26-32)46(39)40-33(29-14-7-3-8-15-29)18-11-19-34(40)30-16-9-4-10-17-30;1-15-11-18(12-16(2)24-15)19-13-21(17-9-7-6-8-10-17)23-14-20(19)22(3,4)5;/h2-25H,1H3;6-9,11-14H,1-5H3;/q2*-1;. The molecule has 0 N–H and O–H groups in total. The SMILES string of the molecule is Cc1cc(-c2cc(-c3[c-]cccc3)nc[c]2[Ge]([CH3])([CH3])[CH3])cc(C)n1.Cc1nccc2nc(-c3[c-]nc4oc5cc(-c6ccccc6)ccc5c4c3)n(-c3c(-c4ccccc4)cccc3-c3ccccc3)c12.[Ir]. The molecule has 7 nitrogen and oxygen atoms in total. The van der Waals surface area contributed by atoms with Crippen molar-refractivity contribution in [2.45, 2.75) is 38.0 Å². The van der Waals surface area contributed by atoms with Crippen molar-refractivity contribution in [2.75, 3.05) is 0 Å². The number of aryl methyl sites for hydroxylation is 3. The van der Waals surface area contributed by atoms with E-state index in [2.05, 4.69) is 187 Å². The molecule has 0 aliphatic heterocycles. The van der Waals surface area contributed by atoms with Gasteiger partial charge < -0.3 is 14.0 Å². The number of para-hydroxylation sites is 1. The van der Waals surface area contributed by atoms with Gasteiger partial charge in [0, 0.05) is 42.8 Å². The molecule has 0 saturated heterocycles. The molecule has 6 aromatic heterocycles. The Morgan fingerprint density at radius 1 is 0.542 bits per heavy atom. The molecule has 353 valence electrons. The maximum Gasteiger partial charge on any atom is 0.141 e. The van der Waals surface area contributed by atoms with Gasteiger partial charge in [-0.3, -0.25) is 9.97 Å². The molecule has 12 rings (SSSR count). The first-order valence-corrected chi connectivity index (χ1v) is 31.2. The second-order valence-corrected chi connectivity index (χ2v) is 29.5. The third-order valence-electron chi connectivity index (χ3n) is 12.9. The number of pyridine rings is 4. The van der Waals surface area contributed by atoms with E-state index in [4.69, 9.17) is 24.4 Å². The molecule has 0 aliphatic rings. The summed E-state index contributed by atoms with van der Waals surface area (Å²) in [6, 6.07) is 66.1. The molecular weight excluding hydrogens is 1120 g/mol. The van der Waals surface area contributed by atoms with Crippen LogP contribution >= 0.6 is 0 Å². The summed E-state index contributed by atoms with van der Waals surface area (Å²) >= 11 is -2.05. The molecule has 0 unspecified atom stereocenters. The average Bonchev–Trinajstić information content (AvgIpc) is 3.98. The monoisotopic (exact) mass is 1170 g/mol. The molecule has 0 spiro atoms. The molecule has 0 amide bonds. The molecule has 0 saturated carbocycles. The summed E-state index contributed by atoms with van der Waals surface area (Å²) in [4.78, 5) is 24.0. The zero-order valence-electron chi connectivity index (χ0n) is 40.9. The first-order chi connectivity index (χ1) is 34.6. The van der Waals surface area contributed by atoms with Gasteiger partial charge in [0.2, 0.25) is 0 Å². The van der Waals surface area contributed by atoms with Gasteiger partial charge in [-0.2, -0.15) is 0 Å². The Hall–Kier alpha value is -7.62. The molecule has 6 heterocycles. The van der Waals surface area contributed by atoms with Crippen LogP contribution in [0.3, 0.4) is 0 Å². The number of nitrogens with zero attached hydrogens (tertiary/aromatic N) is 6. The van der Waals surface area contributed by atoms with Crippen LogP contribution in [0.1, 0.15) is 17.1 Å². The number of imidazole rings is 1. The Morgan fingerprint density at radius 2 is 1.19 bits per heavy atom. The summed E-state index contributed by atoms with van der Waals surface area (Å²) < 4.78 is 9.95. The van der Waals surface area contributed by atoms with E-state index >= 15 is 0 Å². The quantitative estimate of drug-likeness (QED) is 0.111. The van der Waals surface area contributed by atoms with Crippen LogP contribution in [0.25, 0.3) is 106 Å². The predicted molar refractivity (Wildman–Crippen MR) is 293 cm³/mol. The van der Waals surface area contributed by atoms with E-state index in [1.807, 2.05) is 67.7 Å². The summed E-state index contributed by atoms with van der Waals surface area (Å²) in [5.74, 6) is 7.97. The molecular formula is C63H50GeIrN6O-2. The first kappa shape index (κ1) is 48.0. The fraction of sp³-hybridized carbons (Fsp3) is 0.0952. The minimum absolute atomic E-state index is 0. The van der Waals surface area contributed by atoms with Gasteiger partial charge in [-0.15, -0.1) is 6.07 Å². The predicted octanol–water partition coefficient (Wildman–Crippen LogP) is 15.3. The number of aromatic nitrogens is 6. The molecule has 12 aromatic rings. The largest absolute Gasteiger partial charge is 0.483 e. The number of fused-ring (bicyclic) bond motifs is 4. The van der Waals surface area contributed by atoms with Crippen LogP contribution in [0.4, 0.5) is 0 Å². The van der Waals surface area contributed by atoms with Gasteiger partial charge in [0.05, 0.1) is 28.2 Å². The Morgan fingerprint density at radius 3 is 1.83 bits per heavy atom. The van der Waals surface area contributed by atoms with E-state index in [0.717, 1.165) is 106 Å². The smallest absolute Gasteiger partial charge is 0.141 e. The molecule has 72 heavy (non-hydrogen) atoms. The fourth-order valence-corrected chi connectivity index (χ4v) is 12.7. The summed E-state index contributed by atoms with van der Waals surface area (Å²) in [5, 5.41) is 1.92. The van der Waals surface area contributed by atoms with Crippen molar-refractivity contribution in [1.82, 2.24) is 29.5 Å². The molecule has 0 bridgehead atoms. The van der Waals surface area contributed by atoms with Crippen molar-refractivity contribution < 1.29 is 24.5 Å². The van der Waals surface area contributed by atoms with Crippen LogP contribution in [-0.4, -0.2) is 42.8 Å². The molecule has 1 radical (unpaired) electrons. The van der Waals surface area contributed by atoms with Crippen molar-refractivity contribution in [3.05, 3.63) is 224 Å². The molecule has 6 aromatic carbocycles. The van der Waals surface area contributed by atoms with Crippen molar-refractivity contribution in [2.24, 2.45) is 0 Å².